The summed E-state index contributed by atoms with van der Waals surface area (Å²) in [6, 6.07) is -0.832. The number of hydrogen-bond acceptors (Lipinski definition) is 13. The van der Waals surface area contributed by atoms with E-state index < -0.39 is 86.8 Å². The van der Waals surface area contributed by atoms with E-state index >= 15 is 0 Å². The van der Waals surface area contributed by atoms with E-state index in [1.54, 1.807) is 0 Å². The second-order valence-electron chi connectivity index (χ2n) is 26.0. The Labute approximate surface area is 543 Å². The molecule has 1 amide bonds. The van der Waals surface area contributed by atoms with E-state index in [2.05, 4.69) is 79.9 Å². The first-order chi connectivity index (χ1) is 43.6. The molecule has 0 radical (unpaired) electrons. The quantitative estimate of drug-likeness (QED) is 0.0204. The number of rotatable bonds is 61. The van der Waals surface area contributed by atoms with Crippen molar-refractivity contribution in [3.8, 4) is 0 Å². The molecule has 2 aliphatic rings. The molecule has 0 aromatic carbocycles. The van der Waals surface area contributed by atoms with Gasteiger partial charge >= 0.3 is 0 Å². The Hall–Kier alpha value is -2.31. The predicted octanol–water partition coefficient (Wildman–Crippen LogP) is 15.6. The van der Waals surface area contributed by atoms with Crippen LogP contribution in [0.1, 0.15) is 316 Å². The van der Waals surface area contributed by atoms with Gasteiger partial charge < -0.3 is 65.1 Å². The largest absolute Gasteiger partial charge is 0.394 e. The molecule has 0 aromatic heterocycles. The standard InChI is InChI=1S/C75H137NO13/c1-3-5-7-9-11-13-15-17-19-21-23-25-27-29-30-31-32-33-34-35-37-39-41-43-45-47-49-51-53-55-57-59-67(80)76-63(62-86-74-72(85)70(83)73(66(61-78)88-74)89-75-71(84)69(82)68(81)65(60-77)87-75)64(79)58-56-54-52-50-48-46-44-42-40-38-36-28-26-24-22-20-18-16-14-12-10-8-6-4-2/h5,7,11,13,17,19,23,25,29-30,63-66,68-75,77-79,81-85H,3-4,6,8-10,12,14-16,18,20-22,24,26-28,31-62H2,1-2H3,(H,76,80)/b7-5-,13-11-,19-17-,25-23-,30-29-. The summed E-state index contributed by atoms with van der Waals surface area (Å²) in [5, 5.41) is 87.7. The number of amides is 1. The lowest BCUT2D eigenvalue weighted by Gasteiger charge is -2.46. The van der Waals surface area contributed by atoms with E-state index in [0.29, 0.717) is 12.8 Å². The van der Waals surface area contributed by atoms with Crippen LogP contribution < -0.4 is 5.32 Å². The lowest BCUT2D eigenvalue weighted by atomic mass is 9.97. The van der Waals surface area contributed by atoms with Crippen LogP contribution in [-0.2, 0) is 23.7 Å². The van der Waals surface area contributed by atoms with Crippen molar-refractivity contribution >= 4 is 5.91 Å². The molecule has 2 rings (SSSR count). The molecule has 0 bridgehead atoms. The van der Waals surface area contributed by atoms with Crippen molar-refractivity contribution < 1.29 is 64.6 Å². The molecule has 12 atom stereocenters. The minimum absolute atomic E-state index is 0.204. The first kappa shape index (κ1) is 82.8. The smallest absolute Gasteiger partial charge is 0.220 e. The second kappa shape index (κ2) is 59.4. The Bertz CT molecular complexity index is 1720. The highest BCUT2D eigenvalue weighted by Crippen LogP contribution is 2.30. The van der Waals surface area contributed by atoms with Crippen LogP contribution in [0.2, 0.25) is 0 Å². The maximum atomic E-state index is 13.4. The van der Waals surface area contributed by atoms with Gasteiger partial charge in [0.2, 0.25) is 5.91 Å². The molecule has 2 fully saturated rings. The van der Waals surface area contributed by atoms with Crippen LogP contribution in [0.4, 0.5) is 0 Å². The third kappa shape index (κ3) is 43.3. The SMILES string of the molecule is CC/C=C\C/C=C\C/C=C\C/C=C\C/C=C\CCCCCCCCCCCCCCCCCC(=O)NC(COC1OC(CO)C(OC2OC(CO)C(O)C(O)C2O)C(O)C1O)C(O)CCCCCCCCCCCCCCCCCCCCCCCCCC. The van der Waals surface area contributed by atoms with E-state index in [1.165, 1.54) is 205 Å². The Balaban J connectivity index is 1.64. The van der Waals surface area contributed by atoms with Crippen molar-refractivity contribution in [2.24, 2.45) is 0 Å². The molecule has 14 heteroatoms. The maximum absolute atomic E-state index is 13.4. The summed E-state index contributed by atoms with van der Waals surface area (Å²) in [5.74, 6) is -0.204. The summed E-state index contributed by atoms with van der Waals surface area (Å²) in [7, 11) is 0. The van der Waals surface area contributed by atoms with E-state index in [1.807, 2.05) is 0 Å². The molecular formula is C75H137NO13. The van der Waals surface area contributed by atoms with Crippen molar-refractivity contribution in [2.75, 3.05) is 19.8 Å². The summed E-state index contributed by atoms with van der Waals surface area (Å²) in [6.45, 7) is 2.79. The number of carbonyl (C=O) groups is 1. The van der Waals surface area contributed by atoms with Gasteiger partial charge in [0, 0.05) is 6.42 Å². The summed E-state index contributed by atoms with van der Waals surface area (Å²) in [4.78, 5) is 13.4. The monoisotopic (exact) mass is 1260 g/mol. The first-order valence-electron chi connectivity index (χ1n) is 37.0. The highest BCUT2D eigenvalue weighted by atomic mass is 16.7. The number of carbonyl (C=O) groups excluding carboxylic acids is 1. The predicted molar refractivity (Wildman–Crippen MR) is 364 cm³/mol. The van der Waals surface area contributed by atoms with Gasteiger partial charge in [-0.2, -0.15) is 0 Å². The summed E-state index contributed by atoms with van der Waals surface area (Å²) < 4.78 is 23.0. The van der Waals surface area contributed by atoms with Crippen molar-refractivity contribution in [3.63, 3.8) is 0 Å². The number of unbranched alkanes of at least 4 members (excludes halogenated alkanes) is 38. The van der Waals surface area contributed by atoms with Gasteiger partial charge in [-0.3, -0.25) is 4.79 Å². The Morgan fingerprint density at radius 3 is 1.19 bits per heavy atom. The van der Waals surface area contributed by atoms with Gasteiger partial charge in [0.1, 0.15) is 48.8 Å². The second-order valence-corrected chi connectivity index (χ2v) is 26.0. The van der Waals surface area contributed by atoms with Crippen LogP contribution in [0.25, 0.3) is 0 Å². The average molecular weight is 1260 g/mol. The van der Waals surface area contributed by atoms with E-state index in [0.717, 1.165) is 83.5 Å². The normalized spacial score (nSPS) is 23.3. The van der Waals surface area contributed by atoms with Gasteiger partial charge in [-0.15, -0.1) is 0 Å². The first-order valence-corrected chi connectivity index (χ1v) is 37.0. The number of aliphatic hydroxyl groups excluding tert-OH is 8. The molecule has 2 heterocycles. The Morgan fingerprint density at radius 2 is 0.775 bits per heavy atom. The van der Waals surface area contributed by atoms with Crippen LogP contribution in [-0.4, -0.2) is 140 Å². The molecule has 0 saturated carbocycles. The van der Waals surface area contributed by atoms with Gasteiger partial charge in [-0.25, -0.2) is 0 Å². The fourth-order valence-electron chi connectivity index (χ4n) is 12.2. The van der Waals surface area contributed by atoms with Crippen LogP contribution in [0.15, 0.2) is 60.8 Å². The summed E-state index contributed by atoms with van der Waals surface area (Å²) in [6.07, 6.45) is 62.3. The number of nitrogens with one attached hydrogen (secondary N) is 1. The lowest BCUT2D eigenvalue weighted by molar-refractivity contribution is -0.359. The van der Waals surface area contributed by atoms with Gasteiger partial charge in [-0.05, 0) is 57.8 Å². The molecule has 89 heavy (non-hydrogen) atoms. The van der Waals surface area contributed by atoms with Crippen LogP contribution >= 0.6 is 0 Å². The zero-order valence-corrected chi connectivity index (χ0v) is 56.7. The van der Waals surface area contributed by atoms with Crippen LogP contribution in [0.3, 0.4) is 0 Å². The average Bonchev–Trinajstić information content (AvgIpc) is 2.53. The van der Waals surface area contributed by atoms with Crippen molar-refractivity contribution in [3.05, 3.63) is 60.8 Å². The van der Waals surface area contributed by atoms with E-state index in [9.17, 15) is 45.6 Å². The van der Waals surface area contributed by atoms with Gasteiger partial charge in [0.15, 0.2) is 12.6 Å². The Morgan fingerprint density at radius 1 is 0.416 bits per heavy atom. The third-order valence-corrected chi connectivity index (χ3v) is 18.0. The highest BCUT2D eigenvalue weighted by molar-refractivity contribution is 5.76. The zero-order chi connectivity index (χ0) is 64.5. The lowest BCUT2D eigenvalue weighted by Crippen LogP contribution is -2.65. The van der Waals surface area contributed by atoms with Crippen LogP contribution in [0, 0.1) is 0 Å². The third-order valence-electron chi connectivity index (χ3n) is 18.0. The molecule has 12 unspecified atom stereocenters. The highest BCUT2D eigenvalue weighted by Gasteiger charge is 2.51. The molecule has 520 valence electrons. The minimum Gasteiger partial charge on any atom is -0.394 e. The molecule has 2 aliphatic heterocycles. The number of aliphatic hydroxyl groups is 8. The molecule has 2 saturated heterocycles. The molecule has 14 nitrogen and oxygen atoms in total. The molecule has 0 aromatic rings. The maximum Gasteiger partial charge on any atom is 0.220 e. The van der Waals surface area contributed by atoms with E-state index in [-0.39, 0.29) is 12.5 Å². The fourth-order valence-corrected chi connectivity index (χ4v) is 12.2. The van der Waals surface area contributed by atoms with Gasteiger partial charge in [0.05, 0.1) is 32.0 Å². The van der Waals surface area contributed by atoms with Crippen LogP contribution in [0.5, 0.6) is 0 Å². The molecule has 9 N–H and O–H groups in total. The Kier molecular flexibility index (Phi) is 55.3. The van der Waals surface area contributed by atoms with Crippen molar-refractivity contribution in [2.45, 2.75) is 389 Å². The summed E-state index contributed by atoms with van der Waals surface area (Å²) >= 11 is 0. The van der Waals surface area contributed by atoms with E-state index in [4.69, 9.17) is 18.9 Å². The number of hydrogen-bond donors (Lipinski definition) is 9. The number of ether oxygens (including phenoxy) is 4. The number of allylic oxidation sites excluding steroid dienone is 10. The van der Waals surface area contributed by atoms with Crippen molar-refractivity contribution in [1.82, 2.24) is 5.32 Å². The topological polar surface area (TPSA) is 228 Å². The van der Waals surface area contributed by atoms with Gasteiger partial charge in [0.25, 0.3) is 0 Å². The fraction of sp³-hybridized carbons (Fsp3) is 0.853. The molecule has 0 spiro atoms. The molecular weight excluding hydrogens is 1120 g/mol. The zero-order valence-electron chi connectivity index (χ0n) is 56.7. The summed E-state index contributed by atoms with van der Waals surface area (Å²) in [5.41, 5.74) is 0. The minimum atomic E-state index is -1.78. The van der Waals surface area contributed by atoms with Crippen molar-refractivity contribution in [1.29, 1.82) is 0 Å². The molecule has 0 aliphatic carbocycles. The van der Waals surface area contributed by atoms with Gasteiger partial charge in [-0.1, -0.05) is 312 Å².